The molecule has 0 bridgehead atoms. The van der Waals surface area contributed by atoms with Crippen LogP contribution in [0.4, 0.5) is 0 Å². The Hall–Kier alpha value is -0.300. The summed E-state index contributed by atoms with van der Waals surface area (Å²) in [5, 5.41) is 0. The molecular formula is C11H21N. The Bertz CT molecular complexity index is 162. The van der Waals surface area contributed by atoms with Crippen LogP contribution in [0.1, 0.15) is 33.1 Å². The summed E-state index contributed by atoms with van der Waals surface area (Å²) in [4.78, 5) is 2.45. The summed E-state index contributed by atoms with van der Waals surface area (Å²) < 4.78 is 0. The molecule has 12 heavy (non-hydrogen) atoms. The Balaban J connectivity index is 2.61. The molecule has 1 aliphatic rings. The van der Waals surface area contributed by atoms with Gasteiger partial charge in [0.1, 0.15) is 0 Å². The van der Waals surface area contributed by atoms with Crippen LogP contribution in [0.2, 0.25) is 0 Å². The third-order valence-corrected chi connectivity index (χ3v) is 2.74. The van der Waals surface area contributed by atoms with Crippen molar-refractivity contribution in [3.8, 4) is 0 Å². The van der Waals surface area contributed by atoms with Crippen molar-refractivity contribution < 1.29 is 0 Å². The molecule has 1 atom stereocenters. The van der Waals surface area contributed by atoms with Crippen LogP contribution in [-0.4, -0.2) is 25.0 Å². The molecule has 0 saturated carbocycles. The zero-order chi connectivity index (χ0) is 9.03. The van der Waals surface area contributed by atoms with Crippen molar-refractivity contribution >= 4 is 0 Å². The van der Waals surface area contributed by atoms with E-state index in [-0.39, 0.29) is 0 Å². The summed E-state index contributed by atoms with van der Waals surface area (Å²) in [5.74, 6) is 0. The summed E-state index contributed by atoms with van der Waals surface area (Å²) in [7, 11) is 2.23. The summed E-state index contributed by atoms with van der Waals surface area (Å²) in [6.07, 6.45) is 8.66. The van der Waals surface area contributed by atoms with Crippen molar-refractivity contribution in [1.82, 2.24) is 4.90 Å². The van der Waals surface area contributed by atoms with E-state index in [0.29, 0.717) is 5.41 Å². The molecule has 0 aromatic heterocycles. The minimum atomic E-state index is 0.431. The molecule has 1 unspecified atom stereocenters. The Kier molecular flexibility index (Phi) is 3.33. The summed E-state index contributed by atoms with van der Waals surface area (Å²) >= 11 is 0. The lowest BCUT2D eigenvalue weighted by molar-refractivity contribution is 0.257. The summed E-state index contributed by atoms with van der Waals surface area (Å²) in [6, 6.07) is 0. The Morgan fingerprint density at radius 3 is 2.75 bits per heavy atom. The zero-order valence-electron chi connectivity index (χ0n) is 8.64. The van der Waals surface area contributed by atoms with Gasteiger partial charge in [-0.25, -0.2) is 0 Å². The fourth-order valence-corrected chi connectivity index (χ4v) is 2.22. The molecule has 0 aromatic rings. The van der Waals surface area contributed by atoms with Crippen molar-refractivity contribution in [2.45, 2.75) is 33.1 Å². The molecule has 1 fully saturated rings. The largest absolute Gasteiger partial charge is 0.306 e. The molecule has 0 aromatic carbocycles. The molecule has 1 nitrogen and oxygen atoms in total. The van der Waals surface area contributed by atoms with Crippen LogP contribution in [-0.2, 0) is 0 Å². The number of likely N-dealkylation sites (tertiary alicyclic amines) is 1. The zero-order valence-corrected chi connectivity index (χ0v) is 8.64. The van der Waals surface area contributed by atoms with Crippen LogP contribution in [0.15, 0.2) is 12.2 Å². The SMILES string of the molecule is C/C=C\C1(C)CCCCN(C)C1. The fraction of sp³-hybridized carbons (Fsp3) is 0.818. The first-order chi connectivity index (χ1) is 5.66. The minimum absolute atomic E-state index is 0.431. The number of allylic oxidation sites excluding steroid dienone is 1. The smallest absolute Gasteiger partial charge is 0.00670 e. The molecule has 1 rings (SSSR count). The Morgan fingerprint density at radius 2 is 2.08 bits per heavy atom. The quantitative estimate of drug-likeness (QED) is 0.543. The highest BCUT2D eigenvalue weighted by Gasteiger charge is 2.24. The van der Waals surface area contributed by atoms with Crippen molar-refractivity contribution in [2.75, 3.05) is 20.1 Å². The van der Waals surface area contributed by atoms with Gasteiger partial charge >= 0.3 is 0 Å². The van der Waals surface area contributed by atoms with Gasteiger partial charge < -0.3 is 4.90 Å². The van der Waals surface area contributed by atoms with Gasteiger partial charge in [0.25, 0.3) is 0 Å². The van der Waals surface area contributed by atoms with E-state index < -0.39 is 0 Å². The molecule has 0 aliphatic carbocycles. The van der Waals surface area contributed by atoms with E-state index >= 15 is 0 Å². The molecule has 0 radical (unpaired) electrons. The number of hydrogen-bond donors (Lipinski definition) is 0. The van der Waals surface area contributed by atoms with E-state index in [1.54, 1.807) is 0 Å². The highest BCUT2D eigenvalue weighted by Crippen LogP contribution is 2.29. The second-order valence-corrected chi connectivity index (χ2v) is 4.35. The molecule has 0 N–H and O–H groups in total. The molecule has 0 spiro atoms. The highest BCUT2D eigenvalue weighted by molar-refractivity contribution is 4.98. The third-order valence-electron chi connectivity index (χ3n) is 2.74. The van der Waals surface area contributed by atoms with Gasteiger partial charge in [0, 0.05) is 6.54 Å². The van der Waals surface area contributed by atoms with Gasteiger partial charge in [-0.05, 0) is 38.8 Å². The van der Waals surface area contributed by atoms with Gasteiger partial charge in [-0.2, -0.15) is 0 Å². The lowest BCUT2D eigenvalue weighted by Crippen LogP contribution is -2.30. The normalized spacial score (nSPS) is 33.9. The lowest BCUT2D eigenvalue weighted by Gasteiger charge is -2.27. The first-order valence-electron chi connectivity index (χ1n) is 4.99. The maximum absolute atomic E-state index is 2.45. The van der Waals surface area contributed by atoms with E-state index in [1.807, 2.05) is 0 Å². The molecule has 0 amide bonds. The van der Waals surface area contributed by atoms with Crippen LogP contribution in [0.3, 0.4) is 0 Å². The molecule has 1 aliphatic heterocycles. The molecule has 1 heterocycles. The third kappa shape index (κ3) is 2.63. The first kappa shape index (κ1) is 9.79. The average molecular weight is 167 g/mol. The molecule has 70 valence electrons. The Morgan fingerprint density at radius 1 is 1.33 bits per heavy atom. The first-order valence-corrected chi connectivity index (χ1v) is 4.99. The van der Waals surface area contributed by atoms with Crippen molar-refractivity contribution in [1.29, 1.82) is 0 Å². The van der Waals surface area contributed by atoms with Gasteiger partial charge in [0.05, 0.1) is 0 Å². The van der Waals surface area contributed by atoms with Crippen molar-refractivity contribution in [3.63, 3.8) is 0 Å². The standard InChI is InChI=1S/C11H21N/c1-4-7-11(2)8-5-6-9-12(3)10-11/h4,7H,5-6,8-10H2,1-3H3/b7-4-. The predicted octanol–water partition coefficient (Wildman–Crippen LogP) is 2.68. The van der Waals surface area contributed by atoms with Gasteiger partial charge in [-0.15, -0.1) is 0 Å². The summed E-state index contributed by atoms with van der Waals surface area (Å²) in [5.41, 5.74) is 0.431. The van der Waals surface area contributed by atoms with Crippen molar-refractivity contribution in [2.24, 2.45) is 5.41 Å². The van der Waals surface area contributed by atoms with Crippen LogP contribution in [0.5, 0.6) is 0 Å². The topological polar surface area (TPSA) is 3.24 Å². The fourth-order valence-electron chi connectivity index (χ4n) is 2.22. The minimum Gasteiger partial charge on any atom is -0.306 e. The number of rotatable bonds is 1. The van der Waals surface area contributed by atoms with Crippen molar-refractivity contribution in [3.05, 3.63) is 12.2 Å². The van der Waals surface area contributed by atoms with Gasteiger partial charge in [0.15, 0.2) is 0 Å². The van der Waals surface area contributed by atoms with E-state index in [2.05, 4.69) is 37.9 Å². The maximum Gasteiger partial charge on any atom is 0.00670 e. The molecular weight excluding hydrogens is 146 g/mol. The van der Waals surface area contributed by atoms with E-state index in [0.717, 1.165) is 0 Å². The van der Waals surface area contributed by atoms with E-state index in [1.165, 1.54) is 32.4 Å². The van der Waals surface area contributed by atoms with Gasteiger partial charge in [-0.1, -0.05) is 25.5 Å². The Labute approximate surface area is 76.5 Å². The van der Waals surface area contributed by atoms with Crippen LogP contribution in [0, 0.1) is 5.41 Å². The second-order valence-electron chi connectivity index (χ2n) is 4.35. The van der Waals surface area contributed by atoms with Crippen LogP contribution >= 0.6 is 0 Å². The van der Waals surface area contributed by atoms with Crippen LogP contribution in [0.25, 0.3) is 0 Å². The van der Waals surface area contributed by atoms with Gasteiger partial charge in [-0.3, -0.25) is 0 Å². The molecule has 1 heteroatoms. The predicted molar refractivity (Wildman–Crippen MR) is 54.3 cm³/mol. The number of nitrogens with zero attached hydrogens (tertiary/aromatic N) is 1. The lowest BCUT2D eigenvalue weighted by atomic mass is 9.85. The monoisotopic (exact) mass is 167 g/mol. The van der Waals surface area contributed by atoms with E-state index in [9.17, 15) is 0 Å². The average Bonchev–Trinajstić information content (AvgIpc) is 2.12. The number of hydrogen-bond acceptors (Lipinski definition) is 1. The summed E-state index contributed by atoms with van der Waals surface area (Å²) in [6.45, 7) is 6.98. The molecule has 1 saturated heterocycles. The highest BCUT2D eigenvalue weighted by atomic mass is 15.1. The van der Waals surface area contributed by atoms with Crippen LogP contribution < -0.4 is 0 Å². The van der Waals surface area contributed by atoms with E-state index in [4.69, 9.17) is 0 Å². The van der Waals surface area contributed by atoms with Gasteiger partial charge in [0.2, 0.25) is 0 Å². The maximum atomic E-state index is 2.45. The second kappa shape index (κ2) is 4.08.